The topological polar surface area (TPSA) is 62.1 Å². The molecule has 0 aliphatic carbocycles. The Kier molecular flexibility index (Phi) is 3.38. The molecule has 1 atom stereocenters. The van der Waals surface area contributed by atoms with Gasteiger partial charge in [-0.05, 0) is 37.0 Å². The number of nitrogens with two attached hydrogens (primary N) is 1. The smallest absolute Gasteiger partial charge is 0.256 e. The van der Waals surface area contributed by atoms with Crippen LogP contribution in [0, 0.1) is 5.92 Å². The van der Waals surface area contributed by atoms with E-state index in [1.165, 1.54) is 12.8 Å². The second kappa shape index (κ2) is 5.19. The molecule has 4 heteroatoms. The molecule has 4 nitrogen and oxygen atoms in total. The molecule has 0 spiro atoms. The van der Waals surface area contributed by atoms with Crippen molar-refractivity contribution in [2.24, 2.45) is 5.92 Å². The summed E-state index contributed by atoms with van der Waals surface area (Å²) < 4.78 is 0. The Morgan fingerprint density at radius 3 is 3.15 bits per heavy atom. The molecule has 0 bridgehead atoms. The van der Waals surface area contributed by atoms with Gasteiger partial charge in [0, 0.05) is 35.9 Å². The Morgan fingerprint density at radius 2 is 2.35 bits per heavy atom. The molecule has 106 valence electrons. The molecule has 1 amide bonds. The fraction of sp³-hybridized carbons (Fsp3) is 0.438. The molecule has 1 aromatic carbocycles. The average Bonchev–Trinajstić information content (AvgIpc) is 3.04. The minimum absolute atomic E-state index is 0.139. The van der Waals surface area contributed by atoms with Gasteiger partial charge in [-0.1, -0.05) is 13.3 Å². The monoisotopic (exact) mass is 271 g/mol. The van der Waals surface area contributed by atoms with Crippen molar-refractivity contribution in [2.45, 2.75) is 26.2 Å². The Balaban J connectivity index is 1.83. The van der Waals surface area contributed by atoms with Gasteiger partial charge in [0.1, 0.15) is 0 Å². The van der Waals surface area contributed by atoms with Crippen LogP contribution in [0.2, 0.25) is 0 Å². The Labute approximate surface area is 118 Å². The first-order valence-corrected chi connectivity index (χ1v) is 7.35. The summed E-state index contributed by atoms with van der Waals surface area (Å²) >= 11 is 0. The van der Waals surface area contributed by atoms with E-state index < -0.39 is 0 Å². The number of likely N-dealkylation sites (tertiary alicyclic amines) is 1. The van der Waals surface area contributed by atoms with Crippen molar-refractivity contribution in [3.8, 4) is 0 Å². The maximum atomic E-state index is 12.6. The van der Waals surface area contributed by atoms with Gasteiger partial charge in [0.25, 0.3) is 5.91 Å². The normalized spacial score (nSPS) is 18.9. The van der Waals surface area contributed by atoms with E-state index in [1.54, 1.807) is 6.20 Å². The zero-order valence-electron chi connectivity index (χ0n) is 11.9. The number of aromatic nitrogens is 1. The number of hydrogen-bond donors (Lipinski definition) is 2. The van der Waals surface area contributed by atoms with Gasteiger partial charge < -0.3 is 15.6 Å². The zero-order valence-corrected chi connectivity index (χ0v) is 11.9. The van der Waals surface area contributed by atoms with Crippen molar-refractivity contribution in [3.63, 3.8) is 0 Å². The van der Waals surface area contributed by atoms with Crippen molar-refractivity contribution in [2.75, 3.05) is 18.8 Å². The summed E-state index contributed by atoms with van der Waals surface area (Å²) in [5.41, 5.74) is 8.17. The Hall–Kier alpha value is -1.97. The van der Waals surface area contributed by atoms with Gasteiger partial charge in [0.2, 0.25) is 0 Å². The molecule has 1 aromatic heterocycles. The van der Waals surface area contributed by atoms with E-state index in [0.717, 1.165) is 36.0 Å². The highest BCUT2D eigenvalue weighted by Crippen LogP contribution is 2.26. The standard InChI is InChI=1S/C16H21N3O/c1-2-3-11-6-7-19(10-11)16(20)14-9-18-15-8-12(17)4-5-13(14)15/h4-5,8-9,11,18H,2-3,6-7,10,17H2,1H3. The van der Waals surface area contributed by atoms with Crippen LogP contribution < -0.4 is 5.73 Å². The number of aromatic amines is 1. The highest BCUT2D eigenvalue weighted by atomic mass is 16.2. The van der Waals surface area contributed by atoms with Gasteiger partial charge in [0.05, 0.1) is 5.56 Å². The van der Waals surface area contributed by atoms with Gasteiger partial charge in [-0.15, -0.1) is 0 Å². The van der Waals surface area contributed by atoms with E-state index in [4.69, 9.17) is 5.73 Å². The molecule has 2 heterocycles. The molecular weight excluding hydrogens is 250 g/mol. The fourth-order valence-electron chi connectivity index (χ4n) is 3.15. The predicted molar refractivity (Wildman–Crippen MR) is 81.6 cm³/mol. The number of nitrogens with zero attached hydrogens (tertiary/aromatic N) is 1. The number of anilines is 1. The van der Waals surface area contributed by atoms with E-state index in [2.05, 4.69) is 11.9 Å². The number of carbonyl (C=O) groups excluding carboxylic acids is 1. The molecular formula is C16H21N3O. The Bertz CT molecular complexity index is 632. The molecule has 0 radical (unpaired) electrons. The number of amides is 1. The summed E-state index contributed by atoms with van der Waals surface area (Å²) in [5, 5.41) is 0.961. The minimum Gasteiger partial charge on any atom is -0.399 e. The number of hydrogen-bond acceptors (Lipinski definition) is 2. The first-order chi connectivity index (χ1) is 9.69. The molecule has 20 heavy (non-hydrogen) atoms. The van der Waals surface area contributed by atoms with Crippen LogP contribution in [0.3, 0.4) is 0 Å². The maximum absolute atomic E-state index is 12.6. The van der Waals surface area contributed by atoms with Crippen molar-refractivity contribution < 1.29 is 4.79 Å². The van der Waals surface area contributed by atoms with Gasteiger partial charge in [-0.25, -0.2) is 0 Å². The van der Waals surface area contributed by atoms with Crippen molar-refractivity contribution in [3.05, 3.63) is 30.0 Å². The Morgan fingerprint density at radius 1 is 1.50 bits per heavy atom. The van der Waals surface area contributed by atoms with E-state index >= 15 is 0 Å². The van der Waals surface area contributed by atoms with E-state index in [-0.39, 0.29) is 5.91 Å². The van der Waals surface area contributed by atoms with Gasteiger partial charge in [0.15, 0.2) is 0 Å². The molecule has 1 aliphatic rings. The van der Waals surface area contributed by atoms with Crippen molar-refractivity contribution in [1.29, 1.82) is 0 Å². The fourth-order valence-corrected chi connectivity index (χ4v) is 3.15. The van der Waals surface area contributed by atoms with Crippen LogP contribution in [0.15, 0.2) is 24.4 Å². The minimum atomic E-state index is 0.139. The molecule has 3 rings (SSSR count). The van der Waals surface area contributed by atoms with Crippen LogP contribution in [0.1, 0.15) is 36.5 Å². The highest BCUT2D eigenvalue weighted by molar-refractivity contribution is 6.07. The summed E-state index contributed by atoms with van der Waals surface area (Å²) in [4.78, 5) is 17.8. The lowest BCUT2D eigenvalue weighted by Crippen LogP contribution is -2.28. The molecule has 1 fully saturated rings. The number of rotatable bonds is 3. The number of H-pyrrole nitrogens is 1. The number of nitrogen functional groups attached to an aromatic ring is 1. The second-order valence-corrected chi connectivity index (χ2v) is 5.70. The summed E-state index contributed by atoms with van der Waals surface area (Å²) in [6, 6.07) is 5.64. The van der Waals surface area contributed by atoms with E-state index in [9.17, 15) is 4.79 Å². The van der Waals surface area contributed by atoms with Crippen LogP contribution in [0.25, 0.3) is 10.9 Å². The summed E-state index contributed by atoms with van der Waals surface area (Å²) in [5.74, 6) is 0.810. The third-order valence-electron chi connectivity index (χ3n) is 4.21. The molecule has 1 unspecified atom stereocenters. The summed E-state index contributed by atoms with van der Waals surface area (Å²) in [6.07, 6.45) is 5.35. The van der Waals surface area contributed by atoms with Gasteiger partial charge in [-0.3, -0.25) is 4.79 Å². The number of fused-ring (bicyclic) bond motifs is 1. The first-order valence-electron chi connectivity index (χ1n) is 7.35. The van der Waals surface area contributed by atoms with Crippen LogP contribution in [0.5, 0.6) is 0 Å². The highest BCUT2D eigenvalue weighted by Gasteiger charge is 2.27. The predicted octanol–water partition coefficient (Wildman–Crippen LogP) is 3.01. The molecule has 1 aliphatic heterocycles. The maximum Gasteiger partial charge on any atom is 0.256 e. The van der Waals surface area contributed by atoms with E-state index in [1.807, 2.05) is 23.1 Å². The molecule has 3 N–H and O–H groups in total. The van der Waals surface area contributed by atoms with Crippen molar-refractivity contribution >= 4 is 22.5 Å². The third-order valence-corrected chi connectivity index (χ3v) is 4.21. The van der Waals surface area contributed by atoms with Gasteiger partial charge in [-0.2, -0.15) is 0 Å². The largest absolute Gasteiger partial charge is 0.399 e. The number of benzene rings is 1. The lowest BCUT2D eigenvalue weighted by Gasteiger charge is -2.16. The first kappa shape index (κ1) is 13.0. The lowest BCUT2D eigenvalue weighted by atomic mass is 10.0. The van der Waals surface area contributed by atoms with Crippen molar-refractivity contribution in [1.82, 2.24) is 9.88 Å². The zero-order chi connectivity index (χ0) is 14.1. The molecule has 1 saturated heterocycles. The quantitative estimate of drug-likeness (QED) is 0.843. The van der Waals surface area contributed by atoms with E-state index in [0.29, 0.717) is 11.6 Å². The summed E-state index contributed by atoms with van der Waals surface area (Å²) in [7, 11) is 0. The van der Waals surface area contributed by atoms with Crippen LogP contribution in [-0.4, -0.2) is 28.9 Å². The second-order valence-electron chi connectivity index (χ2n) is 5.70. The van der Waals surface area contributed by atoms with Crippen LogP contribution >= 0.6 is 0 Å². The van der Waals surface area contributed by atoms with Gasteiger partial charge >= 0.3 is 0 Å². The SMILES string of the molecule is CCCC1CCN(C(=O)c2c[nH]c3cc(N)ccc23)C1. The number of carbonyl (C=O) groups is 1. The number of nitrogens with one attached hydrogen (secondary N) is 1. The average molecular weight is 271 g/mol. The van der Waals surface area contributed by atoms with Crippen LogP contribution in [-0.2, 0) is 0 Å². The van der Waals surface area contributed by atoms with Crippen LogP contribution in [0.4, 0.5) is 5.69 Å². The third kappa shape index (κ3) is 2.26. The molecule has 2 aromatic rings. The summed E-state index contributed by atoms with van der Waals surface area (Å²) in [6.45, 7) is 3.98. The lowest BCUT2D eigenvalue weighted by molar-refractivity contribution is 0.0788. The molecule has 0 saturated carbocycles.